The number of nitro benzene ring substituents is 1. The number of piperazine rings is 1. The largest absolute Gasteiger partial charge is 0.363 e. The Labute approximate surface area is 174 Å². The highest BCUT2D eigenvalue weighted by Gasteiger charge is 2.28. The fraction of sp³-hybridized carbons (Fsp3) is 0.364. The van der Waals surface area contributed by atoms with Crippen molar-refractivity contribution >= 4 is 28.8 Å². The molecule has 2 aromatic rings. The summed E-state index contributed by atoms with van der Waals surface area (Å²) in [7, 11) is 0. The molecule has 0 radical (unpaired) electrons. The van der Waals surface area contributed by atoms with E-state index in [1.807, 2.05) is 28.0 Å². The fourth-order valence-electron chi connectivity index (χ4n) is 4.18. The van der Waals surface area contributed by atoms with Crippen molar-refractivity contribution in [2.45, 2.75) is 13.3 Å². The number of hydrogen-bond acceptors (Lipinski definition) is 6. The highest BCUT2D eigenvalue weighted by Crippen LogP contribution is 2.31. The lowest BCUT2D eigenvalue weighted by molar-refractivity contribution is -0.384. The number of amides is 1. The maximum Gasteiger partial charge on any atom is 0.293 e. The van der Waals surface area contributed by atoms with Gasteiger partial charge in [0.05, 0.1) is 11.5 Å². The molecule has 2 heterocycles. The van der Waals surface area contributed by atoms with Crippen molar-refractivity contribution in [2.75, 3.05) is 49.1 Å². The monoisotopic (exact) mass is 408 g/mol. The Morgan fingerprint density at radius 2 is 1.73 bits per heavy atom. The molecule has 156 valence electrons. The van der Waals surface area contributed by atoms with Crippen LogP contribution >= 0.6 is 0 Å². The molecule has 0 unspecified atom stereocenters. The summed E-state index contributed by atoms with van der Waals surface area (Å²) < 4.78 is 0. The first kappa shape index (κ1) is 20.0. The van der Waals surface area contributed by atoms with E-state index < -0.39 is 4.92 Å². The fourth-order valence-corrected chi connectivity index (χ4v) is 4.18. The first-order valence-electron chi connectivity index (χ1n) is 10.1. The van der Waals surface area contributed by atoms with Crippen LogP contribution in [0.1, 0.15) is 22.8 Å². The topological polar surface area (TPSA) is 87.0 Å². The third kappa shape index (κ3) is 3.91. The van der Waals surface area contributed by atoms with Crippen LogP contribution in [-0.4, -0.2) is 60.8 Å². The summed E-state index contributed by atoms with van der Waals surface area (Å²) >= 11 is 0. The number of anilines is 2. The predicted molar refractivity (Wildman–Crippen MR) is 114 cm³/mol. The van der Waals surface area contributed by atoms with E-state index in [1.54, 1.807) is 12.1 Å². The van der Waals surface area contributed by atoms with Gasteiger partial charge in [0.25, 0.3) is 5.69 Å². The van der Waals surface area contributed by atoms with E-state index in [9.17, 15) is 19.7 Å². The lowest BCUT2D eigenvalue weighted by atomic mass is 10.1. The lowest BCUT2D eigenvalue weighted by Gasteiger charge is -2.36. The van der Waals surface area contributed by atoms with Crippen molar-refractivity contribution in [3.8, 4) is 0 Å². The first-order chi connectivity index (χ1) is 14.4. The van der Waals surface area contributed by atoms with Crippen LogP contribution in [0.5, 0.6) is 0 Å². The minimum absolute atomic E-state index is 0.0547. The number of Topliss-reactive ketones (excluding diaryl/α,β-unsaturated/α-hetero) is 1. The summed E-state index contributed by atoms with van der Waals surface area (Å²) in [6, 6.07) is 12.6. The molecule has 0 spiro atoms. The van der Waals surface area contributed by atoms with E-state index in [0.29, 0.717) is 50.5 Å². The van der Waals surface area contributed by atoms with Gasteiger partial charge < -0.3 is 9.80 Å². The second kappa shape index (κ2) is 8.23. The third-order valence-corrected chi connectivity index (χ3v) is 5.84. The van der Waals surface area contributed by atoms with E-state index in [1.165, 1.54) is 18.6 Å². The zero-order chi connectivity index (χ0) is 21.3. The van der Waals surface area contributed by atoms with Crippen molar-refractivity contribution < 1.29 is 14.5 Å². The highest BCUT2D eigenvalue weighted by molar-refractivity contribution is 5.97. The molecule has 1 saturated heterocycles. The molecule has 0 aliphatic carbocycles. The quantitative estimate of drug-likeness (QED) is 0.429. The smallest absolute Gasteiger partial charge is 0.293 e. The molecule has 0 bridgehead atoms. The van der Waals surface area contributed by atoms with Gasteiger partial charge >= 0.3 is 0 Å². The Kier molecular flexibility index (Phi) is 5.50. The molecule has 0 atom stereocenters. The minimum atomic E-state index is -0.442. The number of nitro groups is 1. The molecule has 0 aromatic heterocycles. The zero-order valence-corrected chi connectivity index (χ0v) is 16.9. The molecule has 2 aromatic carbocycles. The highest BCUT2D eigenvalue weighted by atomic mass is 16.6. The molecule has 30 heavy (non-hydrogen) atoms. The maximum absolute atomic E-state index is 12.8. The van der Waals surface area contributed by atoms with Crippen LogP contribution in [0.15, 0.2) is 42.5 Å². The van der Waals surface area contributed by atoms with E-state index >= 15 is 0 Å². The number of carbonyl (C=O) groups is 2. The molecule has 1 fully saturated rings. The Bertz CT molecular complexity index is 998. The second-order valence-corrected chi connectivity index (χ2v) is 7.70. The summed E-state index contributed by atoms with van der Waals surface area (Å²) in [5.41, 5.74) is 3.00. The Hall–Kier alpha value is -3.26. The average Bonchev–Trinajstić information content (AvgIpc) is 3.18. The van der Waals surface area contributed by atoms with Crippen molar-refractivity contribution in [3.63, 3.8) is 0 Å². The van der Waals surface area contributed by atoms with Gasteiger partial charge in [-0.15, -0.1) is 0 Å². The average molecular weight is 408 g/mol. The van der Waals surface area contributed by atoms with E-state index in [2.05, 4.69) is 11.0 Å². The van der Waals surface area contributed by atoms with Gasteiger partial charge in [0.15, 0.2) is 5.78 Å². The van der Waals surface area contributed by atoms with Gasteiger partial charge in [0.1, 0.15) is 5.69 Å². The number of rotatable bonds is 5. The van der Waals surface area contributed by atoms with Gasteiger partial charge in [-0.25, -0.2) is 0 Å². The van der Waals surface area contributed by atoms with Crippen LogP contribution < -0.4 is 9.80 Å². The molecule has 0 N–H and O–H groups in total. The molecule has 4 rings (SSSR count). The summed E-state index contributed by atoms with van der Waals surface area (Å²) in [4.78, 5) is 41.3. The van der Waals surface area contributed by atoms with Crippen LogP contribution in [0.3, 0.4) is 0 Å². The van der Waals surface area contributed by atoms with Crippen LogP contribution in [0.25, 0.3) is 0 Å². The van der Waals surface area contributed by atoms with Crippen molar-refractivity contribution in [2.24, 2.45) is 0 Å². The lowest BCUT2D eigenvalue weighted by Crippen LogP contribution is -2.50. The molecular formula is C22H24N4O4. The standard InChI is InChI=1S/C22H24N4O4/c1-16(27)18-6-7-20(21(14-18)26(29)30)24-12-10-23(11-13-24)15-22(28)25-9-8-17-4-2-3-5-19(17)25/h2-7,14H,8-13,15H2,1H3. The van der Waals surface area contributed by atoms with Crippen LogP contribution in [0.4, 0.5) is 17.1 Å². The first-order valence-corrected chi connectivity index (χ1v) is 10.1. The molecule has 8 heteroatoms. The third-order valence-electron chi connectivity index (χ3n) is 5.84. The predicted octanol–water partition coefficient (Wildman–Crippen LogP) is 2.51. The summed E-state index contributed by atoms with van der Waals surface area (Å²) in [6.45, 7) is 4.92. The molecule has 2 aliphatic rings. The van der Waals surface area contributed by atoms with Crippen molar-refractivity contribution in [3.05, 3.63) is 63.7 Å². The van der Waals surface area contributed by atoms with Crippen LogP contribution in [0.2, 0.25) is 0 Å². The molecule has 2 aliphatic heterocycles. The maximum atomic E-state index is 12.8. The number of carbonyl (C=O) groups excluding carboxylic acids is 2. The van der Waals surface area contributed by atoms with Gasteiger partial charge in [-0.1, -0.05) is 18.2 Å². The van der Waals surface area contributed by atoms with E-state index in [0.717, 1.165) is 12.1 Å². The summed E-state index contributed by atoms with van der Waals surface area (Å²) in [5, 5.41) is 11.5. The van der Waals surface area contributed by atoms with Crippen LogP contribution in [-0.2, 0) is 11.2 Å². The molecular weight excluding hydrogens is 384 g/mol. The van der Waals surface area contributed by atoms with Crippen molar-refractivity contribution in [1.29, 1.82) is 0 Å². The zero-order valence-electron chi connectivity index (χ0n) is 16.9. The molecule has 1 amide bonds. The summed E-state index contributed by atoms with van der Waals surface area (Å²) in [6.07, 6.45) is 0.885. The van der Waals surface area contributed by atoms with Crippen molar-refractivity contribution in [1.82, 2.24) is 4.90 Å². The Morgan fingerprint density at radius 1 is 1.00 bits per heavy atom. The van der Waals surface area contributed by atoms with Gasteiger partial charge in [-0.05, 0) is 37.1 Å². The minimum Gasteiger partial charge on any atom is -0.363 e. The van der Waals surface area contributed by atoms with Gasteiger partial charge in [0, 0.05) is 50.0 Å². The SMILES string of the molecule is CC(=O)c1ccc(N2CCN(CC(=O)N3CCc4ccccc43)CC2)c([N+](=O)[O-])c1. The van der Waals surface area contributed by atoms with Gasteiger partial charge in [-0.2, -0.15) is 0 Å². The Balaban J connectivity index is 1.39. The van der Waals surface area contributed by atoms with Gasteiger partial charge in [-0.3, -0.25) is 24.6 Å². The van der Waals surface area contributed by atoms with E-state index in [-0.39, 0.29) is 17.4 Å². The van der Waals surface area contributed by atoms with Crippen LogP contribution in [0, 0.1) is 10.1 Å². The molecule has 8 nitrogen and oxygen atoms in total. The second-order valence-electron chi connectivity index (χ2n) is 7.70. The number of fused-ring (bicyclic) bond motifs is 1. The molecule has 0 saturated carbocycles. The van der Waals surface area contributed by atoms with Gasteiger partial charge in [0.2, 0.25) is 5.91 Å². The number of para-hydroxylation sites is 1. The number of benzene rings is 2. The van der Waals surface area contributed by atoms with E-state index in [4.69, 9.17) is 0 Å². The number of nitrogens with zero attached hydrogens (tertiary/aromatic N) is 4. The normalized spacial score (nSPS) is 16.4. The number of hydrogen-bond donors (Lipinski definition) is 0. The Morgan fingerprint density at radius 3 is 2.43 bits per heavy atom. The summed E-state index contributed by atoms with van der Waals surface area (Å²) in [5.74, 6) is -0.110. The number of ketones is 1.